The third-order valence-electron chi connectivity index (χ3n) is 2.56. The van der Waals surface area contributed by atoms with Crippen LogP contribution in [-0.4, -0.2) is 33.5 Å². The molecule has 19 heavy (non-hydrogen) atoms. The highest BCUT2D eigenvalue weighted by Gasteiger charge is 2.27. The maximum atomic E-state index is 12.1. The lowest BCUT2D eigenvalue weighted by Gasteiger charge is -2.19. The van der Waals surface area contributed by atoms with E-state index in [9.17, 15) is 13.2 Å². The average Bonchev–Trinajstić information content (AvgIpc) is 2.36. The van der Waals surface area contributed by atoms with Crippen molar-refractivity contribution >= 4 is 0 Å². The Labute approximate surface area is 110 Å². The highest BCUT2D eigenvalue weighted by Crippen LogP contribution is 2.24. The number of likely N-dealkylation sites (N-methyl/N-ethyl adjacent to an activating group) is 1. The first-order valence-corrected chi connectivity index (χ1v) is 5.93. The lowest BCUT2D eigenvalue weighted by atomic mass is 10.1. The van der Waals surface area contributed by atoms with Gasteiger partial charge in [0.2, 0.25) is 0 Å². The minimum atomic E-state index is -4.20. The van der Waals surface area contributed by atoms with Crippen molar-refractivity contribution in [1.29, 1.82) is 0 Å². The Morgan fingerprint density at radius 2 is 2.05 bits per heavy atom. The number of rotatable bonds is 7. The van der Waals surface area contributed by atoms with Gasteiger partial charge in [0.05, 0.1) is 26.2 Å². The first kappa shape index (κ1) is 15.8. The van der Waals surface area contributed by atoms with Gasteiger partial charge in [-0.2, -0.15) is 13.2 Å². The van der Waals surface area contributed by atoms with Crippen molar-refractivity contribution in [3.63, 3.8) is 0 Å². The van der Waals surface area contributed by atoms with Gasteiger partial charge in [0, 0.05) is 6.54 Å². The van der Waals surface area contributed by atoms with Gasteiger partial charge in [-0.25, -0.2) is 0 Å². The molecule has 1 atom stereocenters. The van der Waals surface area contributed by atoms with Crippen molar-refractivity contribution in [2.24, 2.45) is 0 Å². The van der Waals surface area contributed by atoms with Crippen molar-refractivity contribution in [3.05, 3.63) is 29.8 Å². The van der Waals surface area contributed by atoms with Gasteiger partial charge in [-0.1, -0.05) is 12.1 Å². The number of methoxy groups -OCH3 is 1. The molecule has 0 spiro atoms. The van der Waals surface area contributed by atoms with E-state index in [1.165, 1.54) is 7.11 Å². The molecule has 0 amide bonds. The molecule has 1 unspecified atom stereocenters. The number of benzene rings is 1. The van der Waals surface area contributed by atoms with E-state index in [0.717, 1.165) is 5.56 Å². The first-order valence-electron chi connectivity index (χ1n) is 5.93. The van der Waals surface area contributed by atoms with Crippen LogP contribution in [0.5, 0.6) is 5.75 Å². The number of halogens is 3. The summed E-state index contributed by atoms with van der Waals surface area (Å²) < 4.78 is 46.7. The van der Waals surface area contributed by atoms with Crippen LogP contribution in [0.1, 0.15) is 18.1 Å². The molecule has 0 aliphatic heterocycles. The zero-order valence-corrected chi connectivity index (χ0v) is 11.0. The van der Waals surface area contributed by atoms with Gasteiger partial charge >= 0.3 is 6.18 Å². The van der Waals surface area contributed by atoms with Crippen LogP contribution in [0.4, 0.5) is 13.2 Å². The molecule has 0 radical (unpaired) electrons. The number of nitrogens with one attached hydrogen (secondary N) is 1. The summed E-state index contributed by atoms with van der Waals surface area (Å²) in [5, 5.41) is 2.90. The molecule has 6 heteroatoms. The summed E-state index contributed by atoms with van der Waals surface area (Å²) in [5.74, 6) is 0.651. The van der Waals surface area contributed by atoms with Gasteiger partial charge < -0.3 is 14.8 Å². The molecule has 0 fully saturated rings. The highest BCUT2D eigenvalue weighted by molar-refractivity contribution is 5.30. The summed E-state index contributed by atoms with van der Waals surface area (Å²) in [6.07, 6.45) is -5.57. The van der Waals surface area contributed by atoms with E-state index in [2.05, 4.69) is 5.32 Å². The van der Waals surface area contributed by atoms with E-state index >= 15 is 0 Å². The summed E-state index contributed by atoms with van der Waals surface area (Å²) >= 11 is 0. The molecule has 0 aromatic heterocycles. The van der Waals surface area contributed by atoms with Crippen LogP contribution in [0, 0.1) is 0 Å². The molecule has 0 saturated carbocycles. The summed E-state index contributed by atoms with van der Waals surface area (Å²) in [6, 6.07) is 7.12. The zero-order chi connectivity index (χ0) is 14.3. The number of alkyl halides is 3. The second kappa shape index (κ2) is 7.35. The minimum Gasteiger partial charge on any atom is -0.497 e. The molecule has 3 nitrogen and oxygen atoms in total. The molecule has 0 heterocycles. The fourth-order valence-electron chi connectivity index (χ4n) is 1.62. The monoisotopic (exact) mass is 277 g/mol. The smallest absolute Gasteiger partial charge is 0.391 e. The maximum absolute atomic E-state index is 12.1. The maximum Gasteiger partial charge on any atom is 0.391 e. The third kappa shape index (κ3) is 5.94. The highest BCUT2D eigenvalue weighted by atomic mass is 19.4. The second-order valence-electron chi connectivity index (χ2n) is 4.06. The van der Waals surface area contributed by atoms with Gasteiger partial charge in [0.25, 0.3) is 0 Å². The van der Waals surface area contributed by atoms with Crippen molar-refractivity contribution in [2.45, 2.75) is 18.7 Å². The van der Waals surface area contributed by atoms with Crippen LogP contribution >= 0.6 is 0 Å². The average molecular weight is 277 g/mol. The predicted molar refractivity (Wildman–Crippen MR) is 66.3 cm³/mol. The molecule has 1 N–H and O–H groups in total. The third-order valence-corrected chi connectivity index (χ3v) is 2.56. The molecular weight excluding hydrogens is 259 g/mol. The Morgan fingerprint density at radius 1 is 1.32 bits per heavy atom. The molecule has 1 aromatic carbocycles. The van der Waals surface area contributed by atoms with E-state index in [-0.39, 0.29) is 6.61 Å². The SMILES string of the molecule is CNCC(OCCC(F)(F)F)c1cccc(OC)c1. The predicted octanol–water partition coefficient (Wildman–Crippen LogP) is 2.92. The quantitative estimate of drug-likeness (QED) is 0.831. The molecule has 1 rings (SSSR count). The van der Waals surface area contributed by atoms with Gasteiger partial charge in [-0.3, -0.25) is 0 Å². The lowest BCUT2D eigenvalue weighted by Crippen LogP contribution is -2.22. The Morgan fingerprint density at radius 3 is 2.63 bits per heavy atom. The van der Waals surface area contributed by atoms with Gasteiger partial charge in [0.1, 0.15) is 5.75 Å². The molecule has 1 aromatic rings. The molecule has 0 aliphatic rings. The van der Waals surface area contributed by atoms with Crippen molar-refractivity contribution in [2.75, 3.05) is 27.3 Å². The Hall–Kier alpha value is -1.27. The van der Waals surface area contributed by atoms with Crippen LogP contribution in [0.3, 0.4) is 0 Å². The van der Waals surface area contributed by atoms with Crippen LogP contribution in [-0.2, 0) is 4.74 Å². The molecule has 108 valence electrons. The van der Waals surface area contributed by atoms with Crippen molar-refractivity contribution < 1.29 is 22.6 Å². The van der Waals surface area contributed by atoms with E-state index < -0.39 is 18.7 Å². The fraction of sp³-hybridized carbons (Fsp3) is 0.538. The van der Waals surface area contributed by atoms with Crippen LogP contribution < -0.4 is 10.1 Å². The van der Waals surface area contributed by atoms with Crippen molar-refractivity contribution in [3.8, 4) is 5.75 Å². The van der Waals surface area contributed by atoms with Gasteiger partial charge in [-0.15, -0.1) is 0 Å². The standard InChI is InChI=1S/C13H18F3NO2/c1-17-9-12(19-7-6-13(14,15)16)10-4-3-5-11(8-10)18-2/h3-5,8,12,17H,6-7,9H2,1-2H3. The number of hydrogen-bond acceptors (Lipinski definition) is 3. The topological polar surface area (TPSA) is 30.5 Å². The van der Waals surface area contributed by atoms with E-state index in [4.69, 9.17) is 9.47 Å². The van der Waals surface area contributed by atoms with E-state index in [1.54, 1.807) is 31.3 Å². The number of ether oxygens (including phenoxy) is 2. The van der Waals surface area contributed by atoms with Crippen LogP contribution in [0.25, 0.3) is 0 Å². The molecule has 0 bridgehead atoms. The molecule has 0 saturated heterocycles. The Balaban J connectivity index is 2.65. The zero-order valence-electron chi connectivity index (χ0n) is 11.0. The van der Waals surface area contributed by atoms with Crippen molar-refractivity contribution in [1.82, 2.24) is 5.32 Å². The second-order valence-corrected chi connectivity index (χ2v) is 4.06. The molecule has 0 aliphatic carbocycles. The first-order chi connectivity index (χ1) is 8.96. The summed E-state index contributed by atoms with van der Waals surface area (Å²) in [6.45, 7) is 0.0814. The normalized spacial score (nSPS) is 13.3. The minimum absolute atomic E-state index is 0.354. The summed E-state index contributed by atoms with van der Waals surface area (Å²) in [4.78, 5) is 0. The summed E-state index contributed by atoms with van der Waals surface area (Å²) in [7, 11) is 3.26. The fourth-order valence-corrected chi connectivity index (χ4v) is 1.62. The van der Waals surface area contributed by atoms with Gasteiger partial charge in [-0.05, 0) is 24.7 Å². The number of hydrogen-bond donors (Lipinski definition) is 1. The van der Waals surface area contributed by atoms with E-state index in [0.29, 0.717) is 12.3 Å². The summed E-state index contributed by atoms with van der Waals surface area (Å²) in [5.41, 5.74) is 0.788. The van der Waals surface area contributed by atoms with Crippen LogP contribution in [0.15, 0.2) is 24.3 Å². The van der Waals surface area contributed by atoms with Crippen LogP contribution in [0.2, 0.25) is 0 Å². The Bertz CT molecular complexity index is 382. The molecular formula is C13H18F3NO2. The Kier molecular flexibility index (Phi) is 6.11. The van der Waals surface area contributed by atoms with E-state index in [1.807, 2.05) is 0 Å². The van der Waals surface area contributed by atoms with Gasteiger partial charge in [0.15, 0.2) is 0 Å². The lowest BCUT2D eigenvalue weighted by molar-refractivity contribution is -0.149. The largest absolute Gasteiger partial charge is 0.497 e.